The Hall–Kier alpha value is -6.68. The third kappa shape index (κ3) is 5.17. The zero-order valence-electron chi connectivity index (χ0n) is 27.8. The summed E-state index contributed by atoms with van der Waals surface area (Å²) in [5.74, 6) is 1.53. The Morgan fingerprint density at radius 3 is 1.77 bits per heavy atom. The lowest BCUT2D eigenvalue weighted by Crippen LogP contribution is -2.02. The maximum Gasteiger partial charge on any atom is 0.182 e. The molecule has 5 heterocycles. The molecule has 6 aromatic carbocycles. The van der Waals surface area contributed by atoms with Gasteiger partial charge in [0.25, 0.3) is 0 Å². The van der Waals surface area contributed by atoms with Crippen molar-refractivity contribution in [2.45, 2.75) is 0 Å². The molecule has 248 valence electrons. The molecule has 0 saturated heterocycles. The minimum Gasteiger partial charge on any atom is -0.456 e. The summed E-state index contributed by atoms with van der Waals surface area (Å²) < 4.78 is 8.53. The van der Waals surface area contributed by atoms with Crippen molar-refractivity contribution < 1.29 is 4.42 Å². The van der Waals surface area contributed by atoms with Gasteiger partial charge in [-0.15, -0.1) is 22.7 Å². The molecule has 0 N–H and O–H groups in total. The van der Waals surface area contributed by atoms with Crippen LogP contribution in [0.1, 0.15) is 0 Å². The number of hydrogen-bond acceptors (Lipinski definition) is 9. The van der Waals surface area contributed by atoms with Gasteiger partial charge < -0.3 is 4.42 Å². The summed E-state index contributed by atoms with van der Waals surface area (Å²) in [5, 5.41) is 4.83. The molecule has 0 spiro atoms. The van der Waals surface area contributed by atoms with Crippen molar-refractivity contribution >= 4 is 75.9 Å². The van der Waals surface area contributed by atoms with Gasteiger partial charge in [-0.3, -0.25) is 0 Å². The van der Waals surface area contributed by atoms with Gasteiger partial charge in [0.05, 0.1) is 25.9 Å². The van der Waals surface area contributed by atoms with Crippen LogP contribution in [-0.2, 0) is 0 Å². The number of fused-ring (bicyclic) bond motifs is 6. The van der Waals surface area contributed by atoms with Gasteiger partial charge in [0.2, 0.25) is 0 Å². The highest BCUT2D eigenvalue weighted by Crippen LogP contribution is 2.40. The molecule has 53 heavy (non-hydrogen) atoms. The fourth-order valence-electron chi connectivity index (χ4n) is 6.89. The molecule has 0 aliphatic heterocycles. The van der Waals surface area contributed by atoms with E-state index in [4.69, 9.17) is 34.3 Å². The van der Waals surface area contributed by atoms with Crippen LogP contribution in [0.4, 0.5) is 0 Å². The highest BCUT2D eigenvalue weighted by molar-refractivity contribution is 7.22. The lowest BCUT2D eigenvalue weighted by atomic mass is 10.0. The van der Waals surface area contributed by atoms with E-state index in [1.165, 1.54) is 0 Å². The summed E-state index contributed by atoms with van der Waals surface area (Å²) in [6, 6.07) is 49.1. The van der Waals surface area contributed by atoms with Crippen molar-refractivity contribution in [1.82, 2.24) is 29.9 Å². The van der Waals surface area contributed by atoms with Crippen molar-refractivity contribution in [3.05, 3.63) is 146 Å². The van der Waals surface area contributed by atoms with E-state index in [1.54, 1.807) is 22.7 Å². The SMILES string of the molecule is c1ccc2nc(-c3nc(-c4cc(-c5nc6ccccc6s5)cc(-c5nc6ccccc6s5)c4)nc(-c4cccc5oc6ccccc6c45)n3)ccc2c1. The molecule has 0 saturated carbocycles. The Bertz CT molecular complexity index is 3060. The van der Waals surface area contributed by atoms with Crippen LogP contribution in [0, 0.1) is 0 Å². The minimum atomic E-state index is 0.479. The molecule has 7 nitrogen and oxygen atoms in total. The molecule has 0 aliphatic rings. The fraction of sp³-hybridized carbons (Fsp3) is 0. The molecule has 0 aliphatic carbocycles. The molecular formula is C44H24N6OS2. The van der Waals surface area contributed by atoms with Gasteiger partial charge in [-0.1, -0.05) is 78.9 Å². The van der Waals surface area contributed by atoms with Crippen LogP contribution in [-0.4, -0.2) is 29.9 Å². The second-order valence-electron chi connectivity index (χ2n) is 12.7. The van der Waals surface area contributed by atoms with Crippen molar-refractivity contribution in [1.29, 1.82) is 0 Å². The predicted molar refractivity (Wildman–Crippen MR) is 216 cm³/mol. The van der Waals surface area contributed by atoms with Crippen LogP contribution in [0.15, 0.2) is 150 Å². The average molecular weight is 717 g/mol. The van der Waals surface area contributed by atoms with Crippen molar-refractivity contribution in [2.75, 3.05) is 0 Å². The highest BCUT2D eigenvalue weighted by Gasteiger charge is 2.20. The largest absolute Gasteiger partial charge is 0.456 e. The Balaban J connectivity index is 1.18. The Labute approximate surface area is 310 Å². The van der Waals surface area contributed by atoms with E-state index in [1.807, 2.05) is 84.9 Å². The molecule has 9 heteroatoms. The summed E-state index contributed by atoms with van der Waals surface area (Å²) in [6.45, 7) is 0. The van der Waals surface area contributed by atoms with Crippen molar-refractivity contribution in [2.24, 2.45) is 0 Å². The maximum atomic E-state index is 6.28. The third-order valence-electron chi connectivity index (χ3n) is 9.38. The smallest absolute Gasteiger partial charge is 0.182 e. The number of hydrogen-bond donors (Lipinski definition) is 0. The number of furan rings is 1. The van der Waals surface area contributed by atoms with Crippen molar-refractivity contribution in [3.63, 3.8) is 0 Å². The summed E-state index contributed by atoms with van der Waals surface area (Å²) in [7, 11) is 0. The Morgan fingerprint density at radius 2 is 1.02 bits per heavy atom. The standard InChI is InChI=1S/C44H24N6OS2/c1-3-13-31-25(10-1)20-21-34(45-31)42-49-40(48-41(50-42)30-12-9-17-36-39(30)29-11-2-6-16-35(29)51-36)26-22-27(43-46-32-14-4-7-18-37(32)52-43)24-28(23-26)44-47-33-15-5-8-19-38(33)53-44/h1-24H. The van der Waals surface area contributed by atoms with Gasteiger partial charge in [-0.25, -0.2) is 29.9 Å². The number of benzene rings is 6. The summed E-state index contributed by atoms with van der Waals surface area (Å²) in [6.07, 6.45) is 0. The quantitative estimate of drug-likeness (QED) is 0.175. The van der Waals surface area contributed by atoms with Crippen LogP contribution in [0.25, 0.3) is 109 Å². The first-order valence-corrected chi connectivity index (χ1v) is 18.7. The van der Waals surface area contributed by atoms with Gasteiger partial charge in [0.1, 0.15) is 26.9 Å². The topological polar surface area (TPSA) is 90.5 Å². The monoisotopic (exact) mass is 716 g/mol. The van der Waals surface area contributed by atoms with Gasteiger partial charge in [0, 0.05) is 38.4 Å². The number of rotatable bonds is 5. The van der Waals surface area contributed by atoms with E-state index < -0.39 is 0 Å². The van der Waals surface area contributed by atoms with E-state index in [0.29, 0.717) is 23.2 Å². The Kier molecular flexibility index (Phi) is 6.76. The number of para-hydroxylation sites is 4. The Morgan fingerprint density at radius 1 is 0.415 bits per heavy atom. The van der Waals surface area contributed by atoms with Gasteiger partial charge in [-0.2, -0.15) is 0 Å². The number of aromatic nitrogens is 6. The summed E-state index contributed by atoms with van der Waals surface area (Å²) in [5.41, 5.74) is 8.65. The zero-order chi connectivity index (χ0) is 34.9. The van der Waals surface area contributed by atoms with Crippen molar-refractivity contribution in [3.8, 4) is 55.4 Å². The van der Waals surface area contributed by atoms with Crippen LogP contribution in [0.3, 0.4) is 0 Å². The first-order chi connectivity index (χ1) is 26.2. The molecule has 0 unspecified atom stereocenters. The maximum absolute atomic E-state index is 6.28. The van der Waals surface area contributed by atoms with Gasteiger partial charge in [-0.05, 0) is 66.7 Å². The van der Waals surface area contributed by atoms with E-state index in [0.717, 1.165) is 85.5 Å². The second kappa shape index (κ2) is 11.9. The van der Waals surface area contributed by atoms with E-state index in [-0.39, 0.29) is 0 Å². The van der Waals surface area contributed by atoms with Crippen LogP contribution in [0.5, 0.6) is 0 Å². The van der Waals surface area contributed by atoms with Gasteiger partial charge in [0.15, 0.2) is 17.5 Å². The summed E-state index contributed by atoms with van der Waals surface area (Å²) >= 11 is 3.33. The molecular weight excluding hydrogens is 693 g/mol. The molecule has 11 aromatic rings. The predicted octanol–water partition coefficient (Wildman–Crippen LogP) is 11.9. The highest BCUT2D eigenvalue weighted by atomic mass is 32.1. The number of pyridine rings is 1. The minimum absolute atomic E-state index is 0.479. The number of nitrogens with zero attached hydrogens (tertiary/aromatic N) is 6. The molecule has 11 rings (SSSR count). The van der Waals surface area contributed by atoms with Crippen LogP contribution >= 0.6 is 22.7 Å². The van der Waals surface area contributed by atoms with Crippen LogP contribution < -0.4 is 0 Å². The lowest BCUT2D eigenvalue weighted by Gasteiger charge is -2.11. The van der Waals surface area contributed by atoms with E-state index in [2.05, 4.69) is 60.7 Å². The lowest BCUT2D eigenvalue weighted by molar-refractivity contribution is 0.669. The first kappa shape index (κ1) is 30.0. The van der Waals surface area contributed by atoms with Crippen LogP contribution in [0.2, 0.25) is 0 Å². The first-order valence-electron chi connectivity index (χ1n) is 17.1. The summed E-state index contributed by atoms with van der Waals surface area (Å²) in [4.78, 5) is 30.6. The molecule has 0 bridgehead atoms. The molecule has 0 radical (unpaired) electrons. The molecule has 5 aromatic heterocycles. The number of thiazole rings is 2. The zero-order valence-corrected chi connectivity index (χ0v) is 29.4. The molecule has 0 amide bonds. The molecule has 0 fully saturated rings. The fourth-order valence-corrected chi connectivity index (χ4v) is 8.79. The van der Waals surface area contributed by atoms with E-state index >= 15 is 0 Å². The van der Waals surface area contributed by atoms with E-state index in [9.17, 15) is 0 Å². The van der Waals surface area contributed by atoms with Gasteiger partial charge >= 0.3 is 0 Å². The normalized spacial score (nSPS) is 11.8. The molecule has 0 atom stereocenters. The second-order valence-corrected chi connectivity index (χ2v) is 14.8. The average Bonchev–Trinajstić information content (AvgIpc) is 3.96. The third-order valence-corrected chi connectivity index (χ3v) is 11.6.